The number of aromatic carboxylic acids is 1. The van der Waals surface area contributed by atoms with Crippen molar-refractivity contribution in [3.63, 3.8) is 0 Å². The predicted octanol–water partition coefficient (Wildman–Crippen LogP) is 1.88. The second-order valence-corrected chi connectivity index (χ2v) is 4.14. The molecule has 0 saturated carbocycles. The second-order valence-electron chi connectivity index (χ2n) is 4.14. The largest absolute Gasteiger partial charge is 0.505 e. The van der Waals surface area contributed by atoms with Crippen LogP contribution in [0.25, 0.3) is 11.3 Å². The van der Waals surface area contributed by atoms with Crippen LogP contribution >= 0.6 is 0 Å². The zero-order chi connectivity index (χ0) is 14.9. The van der Waals surface area contributed by atoms with Crippen molar-refractivity contribution in [3.8, 4) is 17.0 Å². The Morgan fingerprint density at radius 3 is 2.30 bits per heavy atom. The number of methoxy groups -OCH3 is 1. The van der Waals surface area contributed by atoms with Crippen molar-refractivity contribution in [1.82, 2.24) is 4.57 Å². The molecule has 0 atom stereocenters. The summed E-state index contributed by atoms with van der Waals surface area (Å²) >= 11 is 0. The summed E-state index contributed by atoms with van der Waals surface area (Å²) in [7, 11) is 2.66. The highest BCUT2D eigenvalue weighted by Gasteiger charge is 2.30. The van der Waals surface area contributed by atoms with Gasteiger partial charge in [0.1, 0.15) is 5.56 Å². The average molecular weight is 275 g/mol. The van der Waals surface area contributed by atoms with Gasteiger partial charge in [-0.2, -0.15) is 0 Å². The summed E-state index contributed by atoms with van der Waals surface area (Å²) in [6.45, 7) is 0. The lowest BCUT2D eigenvalue weighted by atomic mass is 10.1. The first-order valence-corrected chi connectivity index (χ1v) is 5.77. The molecule has 0 aliphatic heterocycles. The summed E-state index contributed by atoms with van der Waals surface area (Å²) in [6.07, 6.45) is 0. The minimum atomic E-state index is -1.31. The van der Waals surface area contributed by atoms with E-state index in [1.165, 1.54) is 11.6 Å². The molecule has 0 aliphatic rings. The monoisotopic (exact) mass is 275 g/mol. The Bertz CT molecular complexity index is 673. The third kappa shape index (κ3) is 2.01. The van der Waals surface area contributed by atoms with Gasteiger partial charge in [-0.25, -0.2) is 9.59 Å². The van der Waals surface area contributed by atoms with E-state index < -0.39 is 17.7 Å². The van der Waals surface area contributed by atoms with Crippen LogP contribution in [0, 0.1) is 0 Å². The van der Waals surface area contributed by atoms with Crippen molar-refractivity contribution in [3.05, 3.63) is 41.6 Å². The van der Waals surface area contributed by atoms with Gasteiger partial charge < -0.3 is 19.5 Å². The number of ether oxygens (including phenoxy) is 1. The van der Waals surface area contributed by atoms with Crippen LogP contribution in [0.15, 0.2) is 30.3 Å². The number of carboxylic acid groups (broad SMARTS) is 1. The Balaban J connectivity index is 2.80. The molecule has 1 aromatic carbocycles. The molecule has 2 rings (SSSR count). The molecule has 0 fully saturated rings. The van der Waals surface area contributed by atoms with Crippen molar-refractivity contribution < 1.29 is 24.5 Å². The van der Waals surface area contributed by atoms with Gasteiger partial charge in [0.15, 0.2) is 11.4 Å². The van der Waals surface area contributed by atoms with Crippen LogP contribution in [0.4, 0.5) is 0 Å². The van der Waals surface area contributed by atoms with E-state index in [0.717, 1.165) is 7.11 Å². The number of carbonyl (C=O) groups excluding carboxylic acids is 1. The number of hydrogen-bond acceptors (Lipinski definition) is 4. The zero-order valence-corrected chi connectivity index (χ0v) is 11.0. The van der Waals surface area contributed by atoms with Gasteiger partial charge in [-0.05, 0) is 5.56 Å². The number of aromatic nitrogens is 1. The molecule has 0 radical (unpaired) electrons. The number of esters is 1. The van der Waals surface area contributed by atoms with E-state index in [1.54, 1.807) is 30.3 Å². The molecule has 20 heavy (non-hydrogen) atoms. The normalized spacial score (nSPS) is 10.3. The van der Waals surface area contributed by atoms with Crippen LogP contribution < -0.4 is 0 Å². The molecule has 0 aliphatic carbocycles. The van der Waals surface area contributed by atoms with E-state index in [-0.39, 0.29) is 17.0 Å². The molecule has 0 unspecified atom stereocenters. The Labute approximate surface area is 114 Å². The van der Waals surface area contributed by atoms with E-state index in [9.17, 15) is 19.8 Å². The highest BCUT2D eigenvalue weighted by molar-refractivity contribution is 6.04. The minimum absolute atomic E-state index is 0.191. The van der Waals surface area contributed by atoms with Crippen LogP contribution in [-0.4, -0.2) is 33.8 Å². The van der Waals surface area contributed by atoms with Crippen LogP contribution in [0.2, 0.25) is 0 Å². The van der Waals surface area contributed by atoms with Crippen LogP contribution in [0.5, 0.6) is 5.75 Å². The molecule has 1 heterocycles. The van der Waals surface area contributed by atoms with Crippen LogP contribution in [-0.2, 0) is 11.8 Å². The number of aromatic hydroxyl groups is 1. The van der Waals surface area contributed by atoms with Crippen LogP contribution in [0.3, 0.4) is 0 Å². The number of nitrogens with zero attached hydrogens (tertiary/aromatic N) is 1. The average Bonchev–Trinajstić information content (AvgIpc) is 2.70. The van der Waals surface area contributed by atoms with Gasteiger partial charge in [-0.3, -0.25) is 0 Å². The molecule has 6 nitrogen and oxygen atoms in total. The van der Waals surface area contributed by atoms with E-state index >= 15 is 0 Å². The number of carbonyl (C=O) groups is 2. The minimum Gasteiger partial charge on any atom is -0.505 e. The Morgan fingerprint density at radius 1 is 1.20 bits per heavy atom. The van der Waals surface area contributed by atoms with Gasteiger partial charge >= 0.3 is 11.9 Å². The first-order chi connectivity index (χ1) is 9.49. The smallest absolute Gasteiger partial charge is 0.358 e. The van der Waals surface area contributed by atoms with Gasteiger partial charge in [0, 0.05) is 7.05 Å². The number of rotatable bonds is 3. The molecule has 2 aromatic rings. The van der Waals surface area contributed by atoms with Crippen molar-refractivity contribution in [1.29, 1.82) is 0 Å². The lowest BCUT2D eigenvalue weighted by molar-refractivity contribution is 0.0586. The Morgan fingerprint density at radius 2 is 1.80 bits per heavy atom. The maximum absolute atomic E-state index is 11.7. The molecule has 6 heteroatoms. The van der Waals surface area contributed by atoms with Gasteiger partial charge in [0.2, 0.25) is 0 Å². The van der Waals surface area contributed by atoms with Crippen LogP contribution in [0.1, 0.15) is 20.8 Å². The molecule has 0 saturated heterocycles. The van der Waals surface area contributed by atoms with Crippen molar-refractivity contribution in [2.24, 2.45) is 7.05 Å². The van der Waals surface area contributed by atoms with E-state index in [0.29, 0.717) is 5.56 Å². The summed E-state index contributed by atoms with van der Waals surface area (Å²) in [6, 6.07) is 8.66. The number of benzene rings is 1. The maximum Gasteiger partial charge on any atom is 0.358 e. The SMILES string of the molecule is COC(=O)c1c(O)c(C(=O)O)c(-c2ccccc2)n1C. The van der Waals surface area contributed by atoms with E-state index in [1.807, 2.05) is 0 Å². The lowest BCUT2D eigenvalue weighted by Gasteiger charge is -2.06. The van der Waals surface area contributed by atoms with Crippen molar-refractivity contribution in [2.75, 3.05) is 7.11 Å². The third-order valence-electron chi connectivity index (χ3n) is 3.01. The molecule has 0 spiro atoms. The highest BCUT2D eigenvalue weighted by atomic mass is 16.5. The maximum atomic E-state index is 11.7. The quantitative estimate of drug-likeness (QED) is 0.835. The zero-order valence-electron chi connectivity index (χ0n) is 11.0. The summed E-state index contributed by atoms with van der Waals surface area (Å²) in [5.41, 5.74) is 0.316. The van der Waals surface area contributed by atoms with Gasteiger partial charge in [0.05, 0.1) is 12.8 Å². The summed E-state index contributed by atoms with van der Waals surface area (Å²) in [5.74, 6) is -2.70. The fourth-order valence-corrected chi connectivity index (χ4v) is 2.14. The van der Waals surface area contributed by atoms with E-state index in [2.05, 4.69) is 4.74 Å². The van der Waals surface area contributed by atoms with Gasteiger partial charge in [-0.15, -0.1) is 0 Å². The van der Waals surface area contributed by atoms with Crippen molar-refractivity contribution in [2.45, 2.75) is 0 Å². The molecule has 0 amide bonds. The predicted molar refractivity (Wildman–Crippen MR) is 70.8 cm³/mol. The number of carboxylic acids is 1. The third-order valence-corrected chi connectivity index (χ3v) is 3.01. The first-order valence-electron chi connectivity index (χ1n) is 5.77. The molecular weight excluding hydrogens is 262 g/mol. The summed E-state index contributed by atoms with van der Waals surface area (Å²) in [4.78, 5) is 23.0. The van der Waals surface area contributed by atoms with Crippen molar-refractivity contribution >= 4 is 11.9 Å². The Kier molecular flexibility index (Phi) is 3.47. The van der Waals surface area contributed by atoms with Gasteiger partial charge in [0.25, 0.3) is 0 Å². The molecular formula is C14H13NO5. The number of hydrogen-bond donors (Lipinski definition) is 2. The summed E-state index contributed by atoms with van der Waals surface area (Å²) in [5, 5.41) is 19.3. The fourth-order valence-electron chi connectivity index (χ4n) is 2.14. The fraction of sp³-hybridized carbons (Fsp3) is 0.143. The topological polar surface area (TPSA) is 88.8 Å². The second kappa shape index (κ2) is 5.08. The standard InChI is InChI=1S/C14H13NO5/c1-15-10(8-6-4-3-5-7-8)9(13(17)18)12(16)11(15)14(19)20-2/h3-7,16H,1-2H3,(H,17,18). The molecule has 2 N–H and O–H groups in total. The molecule has 104 valence electrons. The highest BCUT2D eigenvalue weighted by Crippen LogP contribution is 2.36. The lowest BCUT2D eigenvalue weighted by Crippen LogP contribution is -2.08. The van der Waals surface area contributed by atoms with E-state index in [4.69, 9.17) is 0 Å². The van der Waals surface area contributed by atoms with Gasteiger partial charge in [-0.1, -0.05) is 30.3 Å². The first kappa shape index (κ1) is 13.7. The molecule has 0 bridgehead atoms. The summed E-state index contributed by atoms with van der Waals surface area (Å²) < 4.78 is 5.89. The Hall–Kier alpha value is -2.76. The molecule has 1 aromatic heterocycles.